The molecule has 110 valence electrons. The van der Waals surface area contributed by atoms with E-state index in [2.05, 4.69) is 20.7 Å². The minimum atomic E-state index is -4.06. The molecule has 1 atom stereocenters. The Hall–Kier alpha value is -0.670. The van der Waals surface area contributed by atoms with Crippen LogP contribution >= 0.6 is 27.5 Å². The minimum Gasteiger partial charge on any atom is -0.480 e. The van der Waals surface area contributed by atoms with Gasteiger partial charge >= 0.3 is 5.97 Å². The van der Waals surface area contributed by atoms with Gasteiger partial charge in [0.2, 0.25) is 10.0 Å². The van der Waals surface area contributed by atoms with Crippen molar-refractivity contribution in [1.82, 2.24) is 4.72 Å². The van der Waals surface area contributed by atoms with Crippen molar-refractivity contribution >= 4 is 43.5 Å². The summed E-state index contributed by atoms with van der Waals surface area (Å²) in [4.78, 5) is 11.2. The second-order valence-electron chi connectivity index (χ2n) is 4.37. The summed E-state index contributed by atoms with van der Waals surface area (Å²) in [5, 5.41) is 9.25. The predicted octanol–water partition coefficient (Wildman–Crippen LogP) is 1.62. The van der Waals surface area contributed by atoms with E-state index < -0.39 is 21.5 Å². The first-order valence-corrected chi connectivity index (χ1v) is 8.22. The van der Waals surface area contributed by atoms with Crippen LogP contribution in [0.25, 0.3) is 0 Å². The molecule has 0 spiro atoms. The molecule has 1 saturated heterocycles. The molecule has 0 amide bonds. The van der Waals surface area contributed by atoms with Gasteiger partial charge < -0.3 is 9.84 Å². The van der Waals surface area contributed by atoms with Gasteiger partial charge in [0, 0.05) is 17.5 Å². The van der Waals surface area contributed by atoms with Crippen LogP contribution in [-0.4, -0.2) is 38.2 Å². The van der Waals surface area contributed by atoms with Gasteiger partial charge in [-0.2, -0.15) is 4.72 Å². The Morgan fingerprint density at radius 1 is 1.50 bits per heavy atom. The van der Waals surface area contributed by atoms with Crippen molar-refractivity contribution in [3.05, 3.63) is 27.7 Å². The zero-order valence-electron chi connectivity index (χ0n) is 10.1. The van der Waals surface area contributed by atoms with Crippen molar-refractivity contribution in [2.45, 2.75) is 16.9 Å². The van der Waals surface area contributed by atoms with Crippen molar-refractivity contribution < 1.29 is 23.1 Å². The van der Waals surface area contributed by atoms with Gasteiger partial charge in [-0.25, -0.2) is 8.42 Å². The van der Waals surface area contributed by atoms with E-state index in [0.717, 1.165) is 0 Å². The molecule has 1 fully saturated rings. The number of carbonyl (C=O) groups is 1. The van der Waals surface area contributed by atoms with E-state index in [1.807, 2.05) is 0 Å². The molecular weight excluding hydrogens is 374 g/mol. The smallest absolute Gasteiger partial charge is 0.327 e. The molecular formula is C11H11BrClNO5S. The number of carboxylic acids is 1. The third-order valence-corrected chi connectivity index (χ3v) is 5.46. The molecule has 20 heavy (non-hydrogen) atoms. The summed E-state index contributed by atoms with van der Waals surface area (Å²) in [5.41, 5.74) is -1.64. The highest BCUT2D eigenvalue weighted by Gasteiger charge is 2.46. The van der Waals surface area contributed by atoms with Crippen molar-refractivity contribution in [2.24, 2.45) is 0 Å². The molecule has 6 nitrogen and oxygen atoms in total. The summed E-state index contributed by atoms with van der Waals surface area (Å²) in [5.74, 6) is -1.27. The molecule has 0 saturated carbocycles. The van der Waals surface area contributed by atoms with Crippen LogP contribution in [0.1, 0.15) is 6.42 Å². The van der Waals surface area contributed by atoms with E-state index in [0.29, 0.717) is 4.47 Å². The van der Waals surface area contributed by atoms with Gasteiger partial charge in [-0.15, -0.1) is 0 Å². The molecule has 0 aliphatic carbocycles. The van der Waals surface area contributed by atoms with Crippen LogP contribution in [0.15, 0.2) is 27.6 Å². The number of ether oxygens (including phenoxy) is 1. The van der Waals surface area contributed by atoms with Crippen LogP contribution in [0.3, 0.4) is 0 Å². The fraction of sp³-hybridized carbons (Fsp3) is 0.364. The summed E-state index contributed by atoms with van der Waals surface area (Å²) in [6.07, 6.45) is 0.0652. The van der Waals surface area contributed by atoms with Gasteiger partial charge in [0.25, 0.3) is 0 Å². The summed E-state index contributed by atoms with van der Waals surface area (Å²) >= 11 is 9.07. The van der Waals surface area contributed by atoms with Crippen molar-refractivity contribution in [1.29, 1.82) is 0 Å². The molecule has 1 unspecified atom stereocenters. The maximum atomic E-state index is 12.3. The van der Waals surface area contributed by atoms with Crippen LogP contribution in [0.4, 0.5) is 0 Å². The molecule has 1 aromatic carbocycles. The number of benzene rings is 1. The van der Waals surface area contributed by atoms with E-state index >= 15 is 0 Å². The molecule has 1 aliphatic rings. The van der Waals surface area contributed by atoms with Crippen molar-refractivity contribution in [3.63, 3.8) is 0 Å². The lowest BCUT2D eigenvalue weighted by Gasteiger charge is -2.23. The Morgan fingerprint density at radius 2 is 2.20 bits per heavy atom. The van der Waals surface area contributed by atoms with Crippen molar-refractivity contribution in [2.75, 3.05) is 13.2 Å². The molecule has 1 heterocycles. The summed E-state index contributed by atoms with van der Waals surface area (Å²) in [7, 11) is -4.06. The summed E-state index contributed by atoms with van der Waals surface area (Å²) in [6, 6.07) is 4.24. The zero-order chi connectivity index (χ0) is 15.0. The first-order chi connectivity index (χ1) is 9.27. The van der Waals surface area contributed by atoms with Gasteiger partial charge in [-0.1, -0.05) is 27.5 Å². The third-order valence-electron chi connectivity index (χ3n) is 2.94. The Bertz CT molecular complexity index is 642. The Morgan fingerprint density at radius 3 is 2.70 bits per heavy atom. The highest BCUT2D eigenvalue weighted by molar-refractivity contribution is 9.10. The van der Waals surface area contributed by atoms with E-state index in [4.69, 9.17) is 16.3 Å². The Kier molecular flexibility index (Phi) is 4.41. The van der Waals surface area contributed by atoms with Crippen LogP contribution in [0.2, 0.25) is 5.02 Å². The fourth-order valence-electron chi connectivity index (χ4n) is 1.86. The Balaban J connectivity index is 2.38. The fourth-order valence-corrected chi connectivity index (χ4v) is 4.28. The average molecular weight is 385 g/mol. The van der Waals surface area contributed by atoms with Crippen LogP contribution < -0.4 is 4.72 Å². The number of nitrogens with one attached hydrogen (secondary N) is 1. The second-order valence-corrected chi connectivity index (χ2v) is 7.34. The van der Waals surface area contributed by atoms with E-state index in [1.54, 1.807) is 0 Å². The number of aliphatic carboxylic acids is 1. The van der Waals surface area contributed by atoms with E-state index in [9.17, 15) is 18.3 Å². The number of hydrogen-bond acceptors (Lipinski definition) is 4. The van der Waals surface area contributed by atoms with Crippen LogP contribution in [0.5, 0.6) is 0 Å². The first-order valence-electron chi connectivity index (χ1n) is 5.57. The normalized spacial score (nSPS) is 22.9. The molecule has 9 heteroatoms. The minimum absolute atomic E-state index is 0.00586. The topological polar surface area (TPSA) is 92.7 Å². The molecule has 2 N–H and O–H groups in total. The van der Waals surface area contributed by atoms with Gasteiger partial charge in [0.05, 0.1) is 11.6 Å². The lowest BCUT2D eigenvalue weighted by Crippen LogP contribution is -2.55. The third kappa shape index (κ3) is 2.99. The van der Waals surface area contributed by atoms with E-state index in [-0.39, 0.29) is 29.6 Å². The molecule has 0 aromatic heterocycles. The SMILES string of the molecule is O=C(O)C1(NS(=O)(=O)c2ccc(Br)cc2Cl)CCOC1. The zero-order valence-corrected chi connectivity index (χ0v) is 13.3. The molecule has 0 bridgehead atoms. The number of sulfonamides is 1. The predicted molar refractivity (Wildman–Crippen MR) is 75.3 cm³/mol. The standard InChI is InChI=1S/C11H11BrClNO5S/c12-7-1-2-9(8(13)5-7)20(17,18)14-11(10(15)16)3-4-19-6-11/h1-2,5,14H,3-4,6H2,(H,15,16). The molecule has 1 aliphatic heterocycles. The monoisotopic (exact) mass is 383 g/mol. The van der Waals surface area contributed by atoms with Crippen LogP contribution in [-0.2, 0) is 19.6 Å². The number of hydrogen-bond donors (Lipinski definition) is 2. The van der Waals surface area contributed by atoms with Gasteiger partial charge in [-0.3, -0.25) is 4.79 Å². The molecule has 2 rings (SSSR count). The molecule has 1 aromatic rings. The summed E-state index contributed by atoms with van der Waals surface area (Å²) in [6.45, 7) is -0.0292. The quantitative estimate of drug-likeness (QED) is 0.823. The van der Waals surface area contributed by atoms with Crippen LogP contribution in [0, 0.1) is 0 Å². The number of halogens is 2. The van der Waals surface area contributed by atoms with Crippen molar-refractivity contribution in [3.8, 4) is 0 Å². The average Bonchev–Trinajstić information content (AvgIpc) is 2.77. The highest BCUT2D eigenvalue weighted by Crippen LogP contribution is 2.28. The van der Waals surface area contributed by atoms with E-state index in [1.165, 1.54) is 18.2 Å². The lowest BCUT2D eigenvalue weighted by atomic mass is 10.0. The first kappa shape index (κ1) is 15.7. The van der Waals surface area contributed by atoms with Gasteiger partial charge in [0.15, 0.2) is 5.54 Å². The highest BCUT2D eigenvalue weighted by atomic mass is 79.9. The largest absolute Gasteiger partial charge is 0.480 e. The Labute approximate surface area is 129 Å². The van der Waals surface area contributed by atoms with Gasteiger partial charge in [0.1, 0.15) is 4.90 Å². The lowest BCUT2D eigenvalue weighted by molar-refractivity contribution is -0.144. The number of rotatable bonds is 4. The maximum absolute atomic E-state index is 12.3. The maximum Gasteiger partial charge on any atom is 0.327 e. The summed E-state index contributed by atoms with van der Waals surface area (Å²) < 4.78 is 32.4. The molecule has 0 radical (unpaired) electrons. The number of carboxylic acid groups (broad SMARTS) is 1. The second kappa shape index (κ2) is 5.61. The van der Waals surface area contributed by atoms with Gasteiger partial charge in [-0.05, 0) is 18.2 Å².